The molecule has 0 aliphatic heterocycles. The number of hydrogen-bond donors (Lipinski definition) is 0. The number of ether oxygens (including phenoxy) is 2. The van der Waals surface area contributed by atoms with E-state index in [-0.39, 0.29) is 12.0 Å². The third-order valence-corrected chi connectivity index (χ3v) is 5.36. The van der Waals surface area contributed by atoms with Crippen LogP contribution < -0.4 is 14.4 Å². The molecule has 5 rings (SSSR count). The maximum atomic E-state index is 6.01. The standard InChI is InChI=1S/C27H18Cl2N4O2/c28-19-11-15-23(16-12-19)34-26-30-25(31-27(32-26)35-24-17-13-20(29)14-18-24)33(21-7-3-1-4-8-21)22-9-5-2-6-10-22/h1-18H. The van der Waals surface area contributed by atoms with Crippen LogP contribution in [0.5, 0.6) is 23.5 Å². The molecule has 0 saturated heterocycles. The molecule has 0 spiro atoms. The number of hydrogen-bond acceptors (Lipinski definition) is 6. The van der Waals surface area contributed by atoms with Crippen LogP contribution in [0.3, 0.4) is 0 Å². The van der Waals surface area contributed by atoms with Gasteiger partial charge in [-0.15, -0.1) is 4.98 Å². The Morgan fingerprint density at radius 1 is 0.486 bits per heavy atom. The molecule has 0 unspecified atom stereocenters. The molecular weight excluding hydrogens is 483 g/mol. The molecule has 0 fully saturated rings. The first-order valence-electron chi connectivity index (χ1n) is 10.7. The Bertz CT molecular complexity index is 1300. The minimum absolute atomic E-state index is 0.0677. The van der Waals surface area contributed by atoms with Gasteiger partial charge in [-0.2, -0.15) is 9.97 Å². The zero-order valence-corrected chi connectivity index (χ0v) is 19.8. The molecule has 35 heavy (non-hydrogen) atoms. The van der Waals surface area contributed by atoms with Gasteiger partial charge in [-0.3, -0.25) is 4.90 Å². The van der Waals surface area contributed by atoms with Crippen LogP contribution in [-0.2, 0) is 0 Å². The Morgan fingerprint density at radius 2 is 0.886 bits per heavy atom. The molecule has 8 heteroatoms. The van der Waals surface area contributed by atoms with Crippen LogP contribution in [0.25, 0.3) is 0 Å². The van der Waals surface area contributed by atoms with E-state index in [0.29, 0.717) is 27.5 Å². The molecule has 0 aliphatic carbocycles. The third kappa shape index (κ3) is 5.69. The minimum Gasteiger partial charge on any atom is -0.424 e. The molecule has 4 aromatic carbocycles. The highest BCUT2D eigenvalue weighted by Crippen LogP contribution is 2.34. The highest BCUT2D eigenvalue weighted by molar-refractivity contribution is 6.30. The molecule has 0 atom stereocenters. The van der Waals surface area contributed by atoms with Gasteiger partial charge in [0.1, 0.15) is 11.5 Å². The fraction of sp³-hybridized carbons (Fsp3) is 0. The molecule has 0 N–H and O–H groups in total. The molecule has 0 radical (unpaired) electrons. The number of halogens is 2. The Balaban J connectivity index is 1.60. The summed E-state index contributed by atoms with van der Waals surface area (Å²) in [4.78, 5) is 15.5. The predicted molar refractivity (Wildman–Crippen MR) is 138 cm³/mol. The number of para-hydroxylation sites is 2. The summed E-state index contributed by atoms with van der Waals surface area (Å²) in [7, 11) is 0. The minimum atomic E-state index is 0.0677. The summed E-state index contributed by atoms with van der Waals surface area (Å²) in [5.41, 5.74) is 1.72. The quantitative estimate of drug-likeness (QED) is 0.224. The lowest BCUT2D eigenvalue weighted by Gasteiger charge is -2.23. The molecular formula is C27H18Cl2N4O2. The van der Waals surface area contributed by atoms with Gasteiger partial charge in [-0.05, 0) is 72.8 Å². The second-order valence-corrected chi connectivity index (χ2v) is 8.19. The first-order chi connectivity index (χ1) is 17.1. The molecule has 172 valence electrons. The van der Waals surface area contributed by atoms with Crippen molar-refractivity contribution in [2.45, 2.75) is 0 Å². The smallest absolute Gasteiger partial charge is 0.330 e. The van der Waals surface area contributed by atoms with Crippen LogP contribution in [0.2, 0.25) is 10.0 Å². The number of nitrogens with zero attached hydrogens (tertiary/aromatic N) is 4. The summed E-state index contributed by atoms with van der Waals surface area (Å²) in [6, 6.07) is 33.5. The van der Waals surface area contributed by atoms with E-state index >= 15 is 0 Å². The number of rotatable bonds is 7. The molecule has 0 bridgehead atoms. The van der Waals surface area contributed by atoms with Crippen molar-refractivity contribution in [3.8, 4) is 23.5 Å². The van der Waals surface area contributed by atoms with Crippen molar-refractivity contribution < 1.29 is 9.47 Å². The molecule has 0 saturated carbocycles. The lowest BCUT2D eigenvalue weighted by molar-refractivity contribution is 0.398. The fourth-order valence-corrected chi connectivity index (χ4v) is 3.52. The van der Waals surface area contributed by atoms with E-state index in [1.165, 1.54) is 0 Å². The predicted octanol–water partition coefficient (Wildman–Crippen LogP) is 8.23. The Kier molecular flexibility index (Phi) is 6.75. The molecule has 1 aromatic heterocycles. The van der Waals surface area contributed by atoms with Crippen molar-refractivity contribution in [1.82, 2.24) is 15.0 Å². The SMILES string of the molecule is Clc1ccc(Oc2nc(Oc3ccc(Cl)cc3)nc(N(c3ccccc3)c3ccccc3)n2)cc1. The van der Waals surface area contributed by atoms with Crippen molar-refractivity contribution in [2.75, 3.05) is 4.90 Å². The van der Waals surface area contributed by atoms with E-state index in [1.807, 2.05) is 65.6 Å². The van der Waals surface area contributed by atoms with E-state index in [2.05, 4.69) is 15.0 Å². The van der Waals surface area contributed by atoms with Gasteiger partial charge >= 0.3 is 12.0 Å². The van der Waals surface area contributed by atoms with E-state index in [4.69, 9.17) is 32.7 Å². The zero-order valence-electron chi connectivity index (χ0n) is 18.3. The monoisotopic (exact) mass is 500 g/mol. The molecule has 0 amide bonds. The number of aromatic nitrogens is 3. The second-order valence-electron chi connectivity index (χ2n) is 7.32. The van der Waals surface area contributed by atoms with E-state index in [1.54, 1.807) is 48.5 Å². The Hall–Kier alpha value is -4.13. The van der Waals surface area contributed by atoms with Crippen LogP contribution in [-0.4, -0.2) is 15.0 Å². The highest BCUT2D eigenvalue weighted by Gasteiger charge is 2.19. The van der Waals surface area contributed by atoms with Crippen molar-refractivity contribution >= 4 is 40.5 Å². The maximum absolute atomic E-state index is 6.01. The lowest BCUT2D eigenvalue weighted by atomic mass is 10.2. The second kappa shape index (κ2) is 10.4. The largest absolute Gasteiger partial charge is 0.424 e. The van der Waals surface area contributed by atoms with E-state index in [9.17, 15) is 0 Å². The van der Waals surface area contributed by atoms with Gasteiger partial charge in [-0.25, -0.2) is 0 Å². The molecule has 1 heterocycles. The Morgan fingerprint density at radius 3 is 1.29 bits per heavy atom. The summed E-state index contributed by atoms with van der Waals surface area (Å²) >= 11 is 12.0. The highest BCUT2D eigenvalue weighted by atomic mass is 35.5. The summed E-state index contributed by atoms with van der Waals surface area (Å²) in [6.07, 6.45) is 0. The number of anilines is 3. The average Bonchev–Trinajstić information content (AvgIpc) is 2.88. The average molecular weight is 501 g/mol. The van der Waals surface area contributed by atoms with Crippen molar-refractivity contribution in [3.05, 3.63) is 119 Å². The van der Waals surface area contributed by atoms with E-state index in [0.717, 1.165) is 11.4 Å². The Labute approximate surface area is 212 Å². The summed E-state index contributed by atoms with van der Waals surface area (Å²) < 4.78 is 11.9. The normalized spacial score (nSPS) is 10.6. The molecule has 0 aliphatic rings. The maximum Gasteiger partial charge on any atom is 0.330 e. The van der Waals surface area contributed by atoms with Crippen LogP contribution in [0, 0.1) is 0 Å². The summed E-state index contributed by atoms with van der Waals surface area (Å²) in [5.74, 6) is 1.37. The summed E-state index contributed by atoms with van der Waals surface area (Å²) in [5, 5.41) is 1.19. The van der Waals surface area contributed by atoms with Crippen LogP contribution >= 0.6 is 23.2 Å². The first-order valence-corrected chi connectivity index (χ1v) is 11.4. The first kappa shape index (κ1) is 22.7. The van der Waals surface area contributed by atoms with Crippen LogP contribution in [0.15, 0.2) is 109 Å². The van der Waals surface area contributed by atoms with Crippen LogP contribution in [0.4, 0.5) is 17.3 Å². The zero-order chi connectivity index (χ0) is 24.0. The third-order valence-electron chi connectivity index (χ3n) is 4.86. The summed E-state index contributed by atoms with van der Waals surface area (Å²) in [6.45, 7) is 0. The van der Waals surface area contributed by atoms with Gasteiger partial charge in [0.15, 0.2) is 0 Å². The lowest BCUT2D eigenvalue weighted by Crippen LogP contribution is -2.14. The van der Waals surface area contributed by atoms with Gasteiger partial charge in [0, 0.05) is 21.4 Å². The van der Waals surface area contributed by atoms with Gasteiger partial charge in [0.2, 0.25) is 5.95 Å². The van der Waals surface area contributed by atoms with Crippen molar-refractivity contribution in [1.29, 1.82) is 0 Å². The van der Waals surface area contributed by atoms with Crippen molar-refractivity contribution in [2.24, 2.45) is 0 Å². The van der Waals surface area contributed by atoms with Gasteiger partial charge < -0.3 is 9.47 Å². The fourth-order valence-electron chi connectivity index (χ4n) is 3.27. The molecule has 5 aromatic rings. The van der Waals surface area contributed by atoms with Gasteiger partial charge in [0.25, 0.3) is 0 Å². The van der Waals surface area contributed by atoms with Crippen molar-refractivity contribution in [3.63, 3.8) is 0 Å². The van der Waals surface area contributed by atoms with Gasteiger partial charge in [-0.1, -0.05) is 59.6 Å². The topological polar surface area (TPSA) is 60.4 Å². The van der Waals surface area contributed by atoms with Gasteiger partial charge in [0.05, 0.1) is 0 Å². The van der Waals surface area contributed by atoms with Crippen LogP contribution in [0.1, 0.15) is 0 Å². The van der Waals surface area contributed by atoms with E-state index < -0.39 is 0 Å². The molecule has 6 nitrogen and oxygen atoms in total. The number of benzene rings is 4.